The fourth-order valence-corrected chi connectivity index (χ4v) is 4.18. The fraction of sp³-hybridized carbons (Fsp3) is 0.133. The van der Waals surface area contributed by atoms with E-state index in [1.165, 1.54) is 11.3 Å². The lowest BCUT2D eigenvalue weighted by atomic mass is 10.0. The van der Waals surface area contributed by atoms with Crippen molar-refractivity contribution < 1.29 is 5.11 Å². The summed E-state index contributed by atoms with van der Waals surface area (Å²) in [7, 11) is 0. The first-order valence-electron chi connectivity index (χ1n) is 6.05. The summed E-state index contributed by atoms with van der Waals surface area (Å²) in [4.78, 5) is 5.38. The molecule has 20 heavy (non-hydrogen) atoms. The lowest BCUT2D eigenvalue weighted by molar-refractivity contribution is 0.224. The molecule has 0 saturated heterocycles. The quantitative estimate of drug-likeness (QED) is 0.626. The number of fused-ring (bicyclic) bond motifs is 1. The molecule has 0 aliphatic carbocycles. The van der Waals surface area contributed by atoms with Crippen molar-refractivity contribution in [3.63, 3.8) is 0 Å². The first kappa shape index (κ1) is 14.2. The van der Waals surface area contributed by atoms with Gasteiger partial charge in [0, 0.05) is 20.4 Å². The van der Waals surface area contributed by atoms with Crippen molar-refractivity contribution in [2.45, 2.75) is 13.0 Å². The summed E-state index contributed by atoms with van der Waals surface area (Å²) >= 11 is 8.43. The summed E-state index contributed by atoms with van der Waals surface area (Å²) in [6.07, 6.45) is -0.617. The molecule has 2 nitrogen and oxygen atoms in total. The minimum atomic E-state index is -0.617. The van der Waals surface area contributed by atoms with Crippen LogP contribution in [0.5, 0.6) is 0 Å². The van der Waals surface area contributed by atoms with Crippen LogP contribution in [-0.4, -0.2) is 10.1 Å². The summed E-state index contributed by atoms with van der Waals surface area (Å²) in [5.41, 5.74) is 2.83. The van der Waals surface area contributed by atoms with Crippen LogP contribution in [0.1, 0.15) is 22.2 Å². The minimum absolute atomic E-state index is 0.617. The molecular weight excluding hydrogens is 402 g/mol. The molecule has 1 N–H and O–H groups in total. The summed E-state index contributed by atoms with van der Waals surface area (Å²) in [5.74, 6) is 0. The van der Waals surface area contributed by atoms with Gasteiger partial charge in [-0.2, -0.15) is 0 Å². The predicted molar refractivity (Wildman–Crippen MR) is 90.3 cm³/mol. The van der Waals surface area contributed by atoms with E-state index in [2.05, 4.69) is 36.8 Å². The van der Waals surface area contributed by atoms with Crippen molar-refractivity contribution in [2.75, 3.05) is 0 Å². The van der Waals surface area contributed by atoms with Gasteiger partial charge in [-0.15, -0.1) is 11.3 Å². The number of hydrogen-bond donors (Lipinski definition) is 1. The van der Waals surface area contributed by atoms with Gasteiger partial charge in [0.05, 0.1) is 9.30 Å². The van der Waals surface area contributed by atoms with Gasteiger partial charge in [0.2, 0.25) is 0 Å². The Balaban J connectivity index is 2.03. The molecule has 1 unspecified atom stereocenters. The highest BCUT2D eigenvalue weighted by molar-refractivity contribution is 9.13. The second-order valence-corrected chi connectivity index (χ2v) is 7.83. The molecule has 0 radical (unpaired) electrons. The number of aromatic nitrogens is 1. The zero-order chi connectivity index (χ0) is 14.3. The van der Waals surface area contributed by atoms with Crippen LogP contribution in [0.25, 0.3) is 10.9 Å². The van der Waals surface area contributed by atoms with Crippen LogP contribution >= 0.6 is 43.2 Å². The Hall–Kier alpha value is -0.750. The Morgan fingerprint density at radius 1 is 1.15 bits per heavy atom. The van der Waals surface area contributed by atoms with Gasteiger partial charge < -0.3 is 5.11 Å². The van der Waals surface area contributed by atoms with Crippen molar-refractivity contribution in [2.24, 2.45) is 0 Å². The number of halogens is 2. The van der Waals surface area contributed by atoms with E-state index in [0.29, 0.717) is 0 Å². The van der Waals surface area contributed by atoms with Gasteiger partial charge in [-0.1, -0.05) is 12.1 Å². The number of nitrogens with zero attached hydrogens (tertiary/aromatic N) is 1. The number of pyridine rings is 1. The Bertz CT molecular complexity index is 765. The number of thiophene rings is 1. The van der Waals surface area contributed by atoms with Crippen LogP contribution < -0.4 is 0 Å². The zero-order valence-corrected chi connectivity index (χ0v) is 14.6. The zero-order valence-electron chi connectivity index (χ0n) is 10.6. The van der Waals surface area contributed by atoms with Crippen molar-refractivity contribution in [1.29, 1.82) is 0 Å². The maximum Gasteiger partial charge on any atom is 0.113 e. The average Bonchev–Trinajstić information content (AvgIpc) is 2.77. The first-order valence-corrected chi connectivity index (χ1v) is 8.45. The van der Waals surface area contributed by atoms with Gasteiger partial charge in [-0.25, -0.2) is 0 Å². The van der Waals surface area contributed by atoms with Gasteiger partial charge in [-0.05, 0) is 68.6 Å². The number of aliphatic hydroxyl groups excluding tert-OH is 1. The van der Waals surface area contributed by atoms with Crippen LogP contribution in [-0.2, 0) is 0 Å². The molecule has 2 heterocycles. The smallest absolute Gasteiger partial charge is 0.113 e. The second kappa shape index (κ2) is 5.56. The minimum Gasteiger partial charge on any atom is -0.383 e. The normalized spacial score (nSPS) is 12.8. The Morgan fingerprint density at radius 3 is 2.65 bits per heavy atom. The van der Waals surface area contributed by atoms with Crippen molar-refractivity contribution >= 4 is 54.1 Å². The van der Waals surface area contributed by atoms with E-state index in [-0.39, 0.29) is 0 Å². The molecule has 0 spiro atoms. The van der Waals surface area contributed by atoms with Crippen LogP contribution in [0.4, 0.5) is 0 Å². The van der Waals surface area contributed by atoms with E-state index in [1.54, 1.807) is 0 Å². The predicted octanol–water partition coefficient (Wildman–Crippen LogP) is 5.21. The topological polar surface area (TPSA) is 33.1 Å². The van der Waals surface area contributed by atoms with Crippen LogP contribution in [0, 0.1) is 6.92 Å². The second-order valence-electron chi connectivity index (χ2n) is 4.58. The average molecular weight is 413 g/mol. The van der Waals surface area contributed by atoms with Crippen molar-refractivity contribution in [1.82, 2.24) is 4.98 Å². The molecule has 3 aromatic rings. The van der Waals surface area contributed by atoms with Gasteiger partial charge in [0.1, 0.15) is 6.10 Å². The molecule has 0 bridgehead atoms. The molecule has 0 aliphatic rings. The number of hydrogen-bond acceptors (Lipinski definition) is 3. The summed E-state index contributed by atoms with van der Waals surface area (Å²) < 4.78 is 1.96. The third-order valence-corrected chi connectivity index (χ3v) is 6.41. The van der Waals surface area contributed by atoms with E-state index in [1.807, 2.05) is 43.3 Å². The third-order valence-electron chi connectivity index (χ3n) is 3.10. The molecular formula is C15H11Br2NOS. The Labute approximate surface area is 137 Å². The summed E-state index contributed by atoms with van der Waals surface area (Å²) in [6, 6.07) is 11.8. The molecule has 1 atom stereocenters. The van der Waals surface area contributed by atoms with Gasteiger partial charge in [0.15, 0.2) is 0 Å². The van der Waals surface area contributed by atoms with E-state index >= 15 is 0 Å². The first-order chi connectivity index (χ1) is 9.54. The maximum absolute atomic E-state index is 10.5. The lowest BCUT2D eigenvalue weighted by Gasteiger charge is -2.10. The molecule has 102 valence electrons. The van der Waals surface area contributed by atoms with Gasteiger partial charge in [-0.3, -0.25) is 4.98 Å². The number of aryl methyl sites for hydroxylation is 1. The van der Waals surface area contributed by atoms with Crippen LogP contribution in [0.2, 0.25) is 0 Å². The van der Waals surface area contributed by atoms with Gasteiger partial charge in [0.25, 0.3) is 0 Å². The monoisotopic (exact) mass is 411 g/mol. The molecule has 2 aromatic heterocycles. The molecule has 5 heteroatoms. The molecule has 0 amide bonds. The standard InChI is InChI=1S/C15H11Br2NOS/c1-8-2-3-9-6-10(4-5-12(9)18-8)14(19)13-7-11(16)15(17)20-13/h2-7,14,19H,1H3. The Kier molecular flexibility index (Phi) is 3.95. The van der Waals surface area contributed by atoms with Crippen LogP contribution in [0.3, 0.4) is 0 Å². The van der Waals surface area contributed by atoms with Gasteiger partial charge >= 0.3 is 0 Å². The number of aliphatic hydroxyl groups is 1. The fourth-order valence-electron chi connectivity index (χ4n) is 2.08. The Morgan fingerprint density at radius 2 is 1.95 bits per heavy atom. The largest absolute Gasteiger partial charge is 0.383 e. The SMILES string of the molecule is Cc1ccc2cc(C(O)c3cc(Br)c(Br)s3)ccc2n1. The highest BCUT2D eigenvalue weighted by Crippen LogP contribution is 2.37. The molecule has 3 rings (SSSR count). The summed E-state index contributed by atoms with van der Waals surface area (Å²) in [6.45, 7) is 1.98. The molecule has 0 aliphatic heterocycles. The molecule has 0 fully saturated rings. The number of benzene rings is 1. The van der Waals surface area contributed by atoms with E-state index in [4.69, 9.17) is 0 Å². The highest BCUT2D eigenvalue weighted by Gasteiger charge is 2.15. The maximum atomic E-state index is 10.5. The van der Waals surface area contributed by atoms with E-state index in [9.17, 15) is 5.11 Å². The van der Waals surface area contributed by atoms with Crippen molar-refractivity contribution in [3.8, 4) is 0 Å². The van der Waals surface area contributed by atoms with Crippen molar-refractivity contribution in [3.05, 3.63) is 60.8 Å². The molecule has 0 saturated carbocycles. The van der Waals surface area contributed by atoms with E-state index in [0.717, 1.165) is 35.3 Å². The van der Waals surface area contributed by atoms with E-state index < -0.39 is 6.10 Å². The van der Waals surface area contributed by atoms with Crippen LogP contribution in [0.15, 0.2) is 44.7 Å². The highest BCUT2D eigenvalue weighted by atomic mass is 79.9. The summed E-state index contributed by atoms with van der Waals surface area (Å²) in [5, 5.41) is 11.5. The number of rotatable bonds is 2. The molecule has 1 aromatic carbocycles. The lowest BCUT2D eigenvalue weighted by Crippen LogP contribution is -1.97. The third kappa shape index (κ3) is 2.68.